The maximum Gasteiger partial charge on any atom is 0.165 e. The summed E-state index contributed by atoms with van der Waals surface area (Å²) in [5, 5.41) is 3.50. The van der Waals surface area contributed by atoms with Gasteiger partial charge in [0.2, 0.25) is 0 Å². The van der Waals surface area contributed by atoms with E-state index in [1.165, 1.54) is 7.11 Å². The molecule has 1 aromatic rings. The Bertz CT molecular complexity index is 415. The highest BCUT2D eigenvalue weighted by Crippen LogP contribution is 2.24. The average molecular weight is 281 g/mol. The lowest BCUT2D eigenvalue weighted by Crippen LogP contribution is -2.32. The van der Waals surface area contributed by atoms with Crippen molar-refractivity contribution in [2.45, 2.75) is 40.5 Å². The number of aryl methyl sites for hydroxylation is 1. The van der Waals surface area contributed by atoms with E-state index in [0.29, 0.717) is 11.7 Å². The van der Waals surface area contributed by atoms with Crippen molar-refractivity contribution in [3.8, 4) is 5.75 Å². The predicted molar refractivity (Wildman–Crippen MR) is 82.8 cm³/mol. The molecule has 0 fully saturated rings. The summed E-state index contributed by atoms with van der Waals surface area (Å²) in [6.45, 7) is 10.9. The van der Waals surface area contributed by atoms with E-state index in [9.17, 15) is 4.39 Å². The molecule has 2 nitrogen and oxygen atoms in total. The van der Waals surface area contributed by atoms with Crippen molar-refractivity contribution < 1.29 is 9.13 Å². The van der Waals surface area contributed by atoms with Crippen molar-refractivity contribution in [1.82, 2.24) is 5.32 Å². The molecule has 0 heterocycles. The number of rotatable bonds is 8. The third-order valence-corrected chi connectivity index (χ3v) is 3.46. The molecule has 0 saturated carbocycles. The van der Waals surface area contributed by atoms with Crippen molar-refractivity contribution in [3.05, 3.63) is 29.6 Å². The van der Waals surface area contributed by atoms with E-state index in [0.717, 1.165) is 31.5 Å². The Morgan fingerprint density at radius 3 is 2.55 bits per heavy atom. The molecule has 0 bridgehead atoms. The first-order valence-electron chi connectivity index (χ1n) is 7.37. The van der Waals surface area contributed by atoms with Gasteiger partial charge < -0.3 is 10.1 Å². The highest BCUT2D eigenvalue weighted by Gasteiger charge is 2.17. The van der Waals surface area contributed by atoms with Crippen molar-refractivity contribution in [1.29, 1.82) is 0 Å². The molecule has 0 spiro atoms. The number of halogens is 1. The van der Waals surface area contributed by atoms with E-state index in [4.69, 9.17) is 4.74 Å². The van der Waals surface area contributed by atoms with Gasteiger partial charge in [0.15, 0.2) is 11.6 Å². The molecule has 114 valence electrons. The smallest absolute Gasteiger partial charge is 0.165 e. The number of ether oxygens (including phenoxy) is 1. The first-order chi connectivity index (χ1) is 9.34. The summed E-state index contributed by atoms with van der Waals surface area (Å²) in [7, 11) is 1.49. The molecular weight excluding hydrogens is 253 g/mol. The van der Waals surface area contributed by atoms with Gasteiger partial charge in [-0.05, 0) is 48.4 Å². The molecule has 0 unspecified atom stereocenters. The van der Waals surface area contributed by atoms with Crippen molar-refractivity contribution in [2.24, 2.45) is 11.3 Å². The largest absolute Gasteiger partial charge is 0.494 e. The van der Waals surface area contributed by atoms with Gasteiger partial charge in [-0.15, -0.1) is 0 Å². The van der Waals surface area contributed by atoms with E-state index in [2.05, 4.69) is 33.0 Å². The highest BCUT2D eigenvalue weighted by atomic mass is 19.1. The quantitative estimate of drug-likeness (QED) is 0.776. The molecule has 3 heteroatoms. The molecule has 1 rings (SSSR count). The van der Waals surface area contributed by atoms with Crippen LogP contribution >= 0.6 is 0 Å². The van der Waals surface area contributed by atoms with Crippen LogP contribution in [0.3, 0.4) is 0 Å². The van der Waals surface area contributed by atoms with E-state index in [1.807, 2.05) is 6.07 Å². The van der Waals surface area contributed by atoms with Crippen LogP contribution in [0.1, 0.15) is 39.7 Å². The van der Waals surface area contributed by atoms with E-state index in [-0.39, 0.29) is 11.2 Å². The molecule has 0 amide bonds. The molecule has 0 radical (unpaired) electrons. The summed E-state index contributed by atoms with van der Waals surface area (Å²) < 4.78 is 18.6. The molecule has 0 atom stereocenters. The molecular formula is C17H28FNO. The molecule has 0 saturated heterocycles. The SMILES string of the molecule is COc1ccc(CCC(C)(C)CNCC(C)C)cc1F. The lowest BCUT2D eigenvalue weighted by Gasteiger charge is -2.25. The summed E-state index contributed by atoms with van der Waals surface area (Å²) >= 11 is 0. The number of hydrogen-bond acceptors (Lipinski definition) is 2. The Morgan fingerprint density at radius 1 is 1.30 bits per heavy atom. The average Bonchev–Trinajstić information content (AvgIpc) is 2.36. The normalized spacial score (nSPS) is 11.9. The lowest BCUT2D eigenvalue weighted by atomic mass is 9.86. The zero-order valence-electron chi connectivity index (χ0n) is 13.4. The fourth-order valence-electron chi connectivity index (χ4n) is 2.14. The van der Waals surface area contributed by atoms with Crippen molar-refractivity contribution in [3.63, 3.8) is 0 Å². The Balaban J connectivity index is 2.46. The maximum atomic E-state index is 13.6. The predicted octanol–water partition coefficient (Wildman–Crippen LogP) is 4.04. The van der Waals surface area contributed by atoms with E-state index < -0.39 is 0 Å². The Hall–Kier alpha value is -1.09. The Kier molecular flexibility index (Phi) is 6.47. The van der Waals surface area contributed by atoms with Gasteiger partial charge in [-0.3, -0.25) is 0 Å². The fraction of sp³-hybridized carbons (Fsp3) is 0.647. The van der Waals surface area contributed by atoms with E-state index in [1.54, 1.807) is 12.1 Å². The molecule has 1 aromatic carbocycles. The minimum atomic E-state index is -0.277. The van der Waals surface area contributed by atoms with Gasteiger partial charge in [0, 0.05) is 6.54 Å². The molecule has 0 aromatic heterocycles. The number of hydrogen-bond donors (Lipinski definition) is 1. The van der Waals surface area contributed by atoms with Crippen LogP contribution in [0.5, 0.6) is 5.75 Å². The van der Waals surface area contributed by atoms with Crippen LogP contribution in [0, 0.1) is 17.2 Å². The molecule has 0 aliphatic heterocycles. The van der Waals surface area contributed by atoms with Crippen LogP contribution in [0.15, 0.2) is 18.2 Å². The fourth-order valence-corrected chi connectivity index (χ4v) is 2.14. The summed E-state index contributed by atoms with van der Waals surface area (Å²) in [5.41, 5.74) is 1.24. The van der Waals surface area contributed by atoms with Crippen molar-refractivity contribution in [2.75, 3.05) is 20.2 Å². The summed E-state index contributed by atoms with van der Waals surface area (Å²) in [6, 6.07) is 5.23. The highest BCUT2D eigenvalue weighted by molar-refractivity contribution is 5.29. The minimum Gasteiger partial charge on any atom is -0.494 e. The molecule has 0 aliphatic carbocycles. The van der Waals surface area contributed by atoms with Crippen LogP contribution in [0.2, 0.25) is 0 Å². The van der Waals surface area contributed by atoms with Gasteiger partial charge in [0.05, 0.1) is 7.11 Å². The Morgan fingerprint density at radius 2 is 2.00 bits per heavy atom. The molecule has 20 heavy (non-hydrogen) atoms. The molecule has 1 N–H and O–H groups in total. The zero-order valence-corrected chi connectivity index (χ0v) is 13.4. The van der Waals surface area contributed by atoms with Gasteiger partial charge in [0.25, 0.3) is 0 Å². The third-order valence-electron chi connectivity index (χ3n) is 3.46. The van der Waals surface area contributed by atoms with Gasteiger partial charge in [0.1, 0.15) is 0 Å². The maximum absolute atomic E-state index is 13.6. The van der Waals surface area contributed by atoms with Crippen LogP contribution in [0.4, 0.5) is 4.39 Å². The number of nitrogens with one attached hydrogen (secondary N) is 1. The van der Waals surface area contributed by atoms with Crippen molar-refractivity contribution >= 4 is 0 Å². The second-order valence-corrected chi connectivity index (χ2v) is 6.66. The minimum absolute atomic E-state index is 0.214. The van der Waals surface area contributed by atoms with E-state index >= 15 is 0 Å². The van der Waals surface area contributed by atoms with Crippen LogP contribution in [-0.2, 0) is 6.42 Å². The van der Waals surface area contributed by atoms with Crippen LogP contribution in [-0.4, -0.2) is 20.2 Å². The van der Waals surface area contributed by atoms with Crippen LogP contribution < -0.4 is 10.1 Å². The zero-order chi connectivity index (χ0) is 15.2. The summed E-state index contributed by atoms with van der Waals surface area (Å²) in [5.74, 6) is 0.703. The molecule has 0 aliphatic rings. The third kappa shape index (κ3) is 5.91. The second-order valence-electron chi connectivity index (χ2n) is 6.66. The Labute approximate surface area is 122 Å². The van der Waals surface area contributed by atoms with Gasteiger partial charge >= 0.3 is 0 Å². The van der Waals surface area contributed by atoms with Gasteiger partial charge in [-0.1, -0.05) is 33.8 Å². The van der Waals surface area contributed by atoms with Gasteiger partial charge in [-0.2, -0.15) is 0 Å². The number of methoxy groups -OCH3 is 1. The first-order valence-corrected chi connectivity index (χ1v) is 7.37. The lowest BCUT2D eigenvalue weighted by molar-refractivity contribution is 0.308. The second kappa shape index (κ2) is 7.63. The van der Waals surface area contributed by atoms with Crippen LogP contribution in [0.25, 0.3) is 0 Å². The number of benzene rings is 1. The first kappa shape index (κ1) is 17.0. The monoisotopic (exact) mass is 281 g/mol. The summed E-state index contributed by atoms with van der Waals surface area (Å²) in [4.78, 5) is 0. The summed E-state index contributed by atoms with van der Waals surface area (Å²) in [6.07, 6.45) is 1.92. The van der Waals surface area contributed by atoms with Gasteiger partial charge in [-0.25, -0.2) is 4.39 Å². The topological polar surface area (TPSA) is 21.3 Å². The standard InChI is InChI=1S/C17H28FNO/c1-13(2)11-19-12-17(3,4)9-8-14-6-7-16(20-5)15(18)10-14/h6-7,10,13,19H,8-9,11-12H2,1-5H3.